The molecule has 0 unspecified atom stereocenters. The van der Waals surface area contributed by atoms with E-state index in [0.29, 0.717) is 46.8 Å². The number of nitrogens with one attached hydrogen (secondary N) is 6. The zero-order chi connectivity index (χ0) is 18.8. The normalized spacial score (nSPS) is 10.8. The molecule has 4 aromatic heterocycles. The molecule has 26 heavy (non-hydrogen) atoms. The summed E-state index contributed by atoms with van der Waals surface area (Å²) in [6.45, 7) is 3.81. The van der Waals surface area contributed by atoms with Gasteiger partial charge in [0.05, 0.1) is 0 Å². The molecule has 4 heterocycles. The standard InChI is InChI=1S/2C7H8N4O2/c2*1-2-3-8-4-5(9-3)10-7(13)11-6(4)12/h2*2H2,1H3,(H3,8,9,10,11,12,13). The van der Waals surface area contributed by atoms with E-state index in [2.05, 4.69) is 39.9 Å². The number of hydrogen-bond acceptors (Lipinski definition) is 6. The molecule has 0 spiro atoms. The van der Waals surface area contributed by atoms with E-state index < -0.39 is 22.5 Å². The summed E-state index contributed by atoms with van der Waals surface area (Å²) >= 11 is 0. The van der Waals surface area contributed by atoms with E-state index in [4.69, 9.17) is 0 Å². The zero-order valence-corrected chi connectivity index (χ0v) is 13.9. The summed E-state index contributed by atoms with van der Waals surface area (Å²) < 4.78 is 0. The Balaban J connectivity index is 0.000000151. The molecule has 136 valence electrons. The Labute approximate surface area is 143 Å². The molecule has 0 amide bonds. The SMILES string of the molecule is CCc1nc2[nH]c(=O)[nH]c(=O)c2[nH]1.CCc1nc2[nH]c(=O)[nH]c(=O)c2[nH]1. The van der Waals surface area contributed by atoms with Gasteiger partial charge in [-0.25, -0.2) is 19.6 Å². The largest absolute Gasteiger partial charge is 0.336 e. The molecule has 6 N–H and O–H groups in total. The first-order valence-corrected chi connectivity index (χ1v) is 7.83. The summed E-state index contributed by atoms with van der Waals surface area (Å²) in [4.78, 5) is 66.8. The van der Waals surface area contributed by atoms with Gasteiger partial charge in [-0.1, -0.05) is 13.8 Å². The first-order chi connectivity index (χ1) is 12.4. The van der Waals surface area contributed by atoms with Gasteiger partial charge in [0.25, 0.3) is 11.1 Å². The minimum Gasteiger partial charge on any atom is -0.336 e. The molecule has 0 atom stereocenters. The maximum Gasteiger partial charge on any atom is 0.327 e. The molecular weight excluding hydrogens is 344 g/mol. The molecule has 0 aromatic carbocycles. The van der Waals surface area contributed by atoms with Crippen LogP contribution in [0.15, 0.2) is 19.2 Å². The Morgan fingerprint density at radius 2 is 1.00 bits per heavy atom. The minimum atomic E-state index is -0.536. The topological polar surface area (TPSA) is 189 Å². The Bertz CT molecular complexity index is 1200. The van der Waals surface area contributed by atoms with Crippen LogP contribution in [0.1, 0.15) is 25.5 Å². The number of aromatic amines is 6. The number of fused-ring (bicyclic) bond motifs is 2. The summed E-state index contributed by atoms with van der Waals surface area (Å²) in [5.41, 5.74) is -0.695. The predicted octanol–water partition coefficient (Wildman–Crippen LogP) is -0.996. The Hall–Kier alpha value is -3.70. The number of imidazole rings is 2. The fraction of sp³-hybridized carbons (Fsp3) is 0.286. The highest BCUT2D eigenvalue weighted by atomic mass is 16.2. The van der Waals surface area contributed by atoms with Crippen LogP contribution >= 0.6 is 0 Å². The molecule has 0 aliphatic rings. The molecule has 0 bridgehead atoms. The van der Waals surface area contributed by atoms with E-state index in [9.17, 15) is 19.2 Å². The van der Waals surface area contributed by atoms with Crippen molar-refractivity contribution in [2.45, 2.75) is 26.7 Å². The van der Waals surface area contributed by atoms with Crippen molar-refractivity contribution < 1.29 is 0 Å². The quantitative estimate of drug-likeness (QED) is 0.266. The van der Waals surface area contributed by atoms with Crippen LogP contribution in [0.3, 0.4) is 0 Å². The van der Waals surface area contributed by atoms with Gasteiger partial charge < -0.3 is 9.97 Å². The van der Waals surface area contributed by atoms with Crippen molar-refractivity contribution in [3.05, 3.63) is 53.3 Å². The average molecular weight is 360 g/mol. The molecule has 12 heteroatoms. The first-order valence-electron chi connectivity index (χ1n) is 7.83. The first kappa shape index (κ1) is 17.1. The third-order valence-corrected chi connectivity index (χ3v) is 3.55. The van der Waals surface area contributed by atoms with Crippen molar-refractivity contribution in [1.29, 1.82) is 0 Å². The summed E-state index contributed by atoms with van der Waals surface area (Å²) in [6, 6.07) is 0. The highest BCUT2D eigenvalue weighted by molar-refractivity contribution is 5.69. The Morgan fingerprint density at radius 3 is 1.35 bits per heavy atom. The summed E-state index contributed by atoms with van der Waals surface area (Å²) in [7, 11) is 0. The van der Waals surface area contributed by atoms with Crippen LogP contribution in [0.2, 0.25) is 0 Å². The van der Waals surface area contributed by atoms with Crippen molar-refractivity contribution in [1.82, 2.24) is 39.9 Å². The second-order valence-electron chi connectivity index (χ2n) is 5.34. The Morgan fingerprint density at radius 1 is 0.615 bits per heavy atom. The van der Waals surface area contributed by atoms with E-state index in [-0.39, 0.29) is 0 Å². The van der Waals surface area contributed by atoms with E-state index in [1.165, 1.54) is 0 Å². The summed E-state index contributed by atoms with van der Waals surface area (Å²) in [6.07, 6.45) is 1.38. The number of hydrogen-bond donors (Lipinski definition) is 6. The number of aryl methyl sites for hydroxylation is 2. The van der Waals surface area contributed by atoms with Gasteiger partial charge in [0.15, 0.2) is 11.3 Å². The number of nitrogens with zero attached hydrogens (tertiary/aromatic N) is 2. The van der Waals surface area contributed by atoms with Crippen LogP contribution in [0.25, 0.3) is 22.3 Å². The van der Waals surface area contributed by atoms with Crippen LogP contribution in [0, 0.1) is 0 Å². The average Bonchev–Trinajstić information content (AvgIpc) is 3.19. The molecule has 0 aliphatic heterocycles. The number of aromatic nitrogens is 8. The third-order valence-electron chi connectivity index (χ3n) is 3.55. The lowest BCUT2D eigenvalue weighted by Crippen LogP contribution is -2.21. The maximum absolute atomic E-state index is 11.2. The number of H-pyrrole nitrogens is 6. The van der Waals surface area contributed by atoms with E-state index in [1.54, 1.807) is 0 Å². The fourth-order valence-corrected chi connectivity index (χ4v) is 2.30. The van der Waals surface area contributed by atoms with Crippen LogP contribution in [0.4, 0.5) is 0 Å². The van der Waals surface area contributed by atoms with Gasteiger partial charge in [-0.05, 0) is 0 Å². The molecular formula is C14H16N8O4. The lowest BCUT2D eigenvalue weighted by Gasteiger charge is -1.83. The van der Waals surface area contributed by atoms with E-state index in [0.717, 1.165) is 0 Å². The molecule has 12 nitrogen and oxygen atoms in total. The monoisotopic (exact) mass is 360 g/mol. The second kappa shape index (κ2) is 6.66. The van der Waals surface area contributed by atoms with Gasteiger partial charge in [0.1, 0.15) is 22.7 Å². The zero-order valence-electron chi connectivity index (χ0n) is 13.9. The smallest absolute Gasteiger partial charge is 0.327 e. The van der Waals surface area contributed by atoms with E-state index in [1.807, 2.05) is 13.8 Å². The van der Waals surface area contributed by atoms with Gasteiger partial charge >= 0.3 is 11.4 Å². The van der Waals surface area contributed by atoms with Crippen molar-refractivity contribution in [3.8, 4) is 0 Å². The fourth-order valence-electron chi connectivity index (χ4n) is 2.30. The van der Waals surface area contributed by atoms with Crippen molar-refractivity contribution in [2.24, 2.45) is 0 Å². The lowest BCUT2D eigenvalue weighted by molar-refractivity contribution is 0.996. The predicted molar refractivity (Wildman–Crippen MR) is 93.4 cm³/mol. The molecule has 0 radical (unpaired) electrons. The summed E-state index contributed by atoms with van der Waals surface area (Å²) in [5.74, 6) is 1.37. The van der Waals surface area contributed by atoms with Gasteiger partial charge in [-0.15, -0.1) is 0 Å². The Kier molecular flexibility index (Phi) is 4.39. The maximum atomic E-state index is 11.2. The highest BCUT2D eigenvalue weighted by Crippen LogP contribution is 2.01. The van der Waals surface area contributed by atoms with Crippen molar-refractivity contribution in [2.75, 3.05) is 0 Å². The van der Waals surface area contributed by atoms with Gasteiger partial charge in [-0.2, -0.15) is 0 Å². The third kappa shape index (κ3) is 3.24. The molecule has 0 saturated carbocycles. The van der Waals surface area contributed by atoms with Crippen molar-refractivity contribution >= 4 is 22.3 Å². The lowest BCUT2D eigenvalue weighted by atomic mass is 10.5. The molecule has 0 saturated heterocycles. The molecule has 0 aliphatic carbocycles. The van der Waals surface area contributed by atoms with Crippen LogP contribution in [0.5, 0.6) is 0 Å². The minimum absolute atomic E-state index is 0.311. The van der Waals surface area contributed by atoms with Crippen LogP contribution < -0.4 is 22.5 Å². The van der Waals surface area contributed by atoms with Gasteiger partial charge in [0, 0.05) is 12.8 Å². The van der Waals surface area contributed by atoms with Gasteiger partial charge in [0.2, 0.25) is 0 Å². The van der Waals surface area contributed by atoms with Crippen LogP contribution in [-0.2, 0) is 12.8 Å². The van der Waals surface area contributed by atoms with Gasteiger partial charge in [-0.3, -0.25) is 29.5 Å². The highest BCUT2D eigenvalue weighted by Gasteiger charge is 2.06. The van der Waals surface area contributed by atoms with Crippen molar-refractivity contribution in [3.63, 3.8) is 0 Å². The number of rotatable bonds is 2. The molecule has 4 aromatic rings. The summed E-state index contributed by atoms with van der Waals surface area (Å²) in [5, 5.41) is 0. The van der Waals surface area contributed by atoms with E-state index >= 15 is 0 Å². The second-order valence-corrected chi connectivity index (χ2v) is 5.34. The molecule has 4 rings (SSSR count). The van der Waals surface area contributed by atoms with Crippen LogP contribution in [-0.4, -0.2) is 39.9 Å². The molecule has 0 fully saturated rings.